The Bertz CT molecular complexity index is 729. The predicted octanol–water partition coefficient (Wildman–Crippen LogP) is 2.92. The third kappa shape index (κ3) is 1.71. The molecule has 0 aliphatic rings. The number of carbonyl (C=O) groups is 2. The van der Waals surface area contributed by atoms with E-state index in [1.54, 1.807) is 25.1 Å². The molecule has 0 spiro atoms. The summed E-state index contributed by atoms with van der Waals surface area (Å²) in [4.78, 5) is 23.8. The van der Waals surface area contributed by atoms with Gasteiger partial charge in [-0.1, -0.05) is 0 Å². The van der Waals surface area contributed by atoms with E-state index in [0.717, 1.165) is 0 Å². The van der Waals surface area contributed by atoms with Gasteiger partial charge < -0.3 is 13.6 Å². The number of fused-ring (bicyclic) bond motifs is 2. The molecule has 3 rings (SSSR count). The molecule has 0 aliphatic heterocycles. The third-order valence-electron chi connectivity index (χ3n) is 2.86. The lowest BCUT2D eigenvalue weighted by Gasteiger charge is -2.03. The minimum absolute atomic E-state index is 0.146. The van der Waals surface area contributed by atoms with Gasteiger partial charge in [0.2, 0.25) is 0 Å². The lowest BCUT2D eigenvalue weighted by Crippen LogP contribution is -2.17. The normalized spacial score (nSPS) is 11.0. The molecule has 5 heteroatoms. The first-order valence-electron chi connectivity index (χ1n) is 5.81. The molecule has 0 radical (unpaired) electrons. The van der Waals surface area contributed by atoms with E-state index in [4.69, 9.17) is 13.6 Å². The van der Waals surface area contributed by atoms with Crippen molar-refractivity contribution in [2.45, 2.75) is 6.92 Å². The fraction of sp³-hybridized carbons (Fsp3) is 0.143. The van der Waals surface area contributed by atoms with Crippen molar-refractivity contribution >= 4 is 33.7 Å². The van der Waals surface area contributed by atoms with Crippen LogP contribution in [0.25, 0.3) is 21.9 Å². The van der Waals surface area contributed by atoms with Gasteiger partial charge in [-0.05, 0) is 25.1 Å². The molecule has 5 nitrogen and oxygen atoms in total. The summed E-state index contributed by atoms with van der Waals surface area (Å²) in [5, 5.41) is 1.25. The molecule has 0 aliphatic carbocycles. The number of ether oxygens (including phenoxy) is 1. The van der Waals surface area contributed by atoms with Crippen molar-refractivity contribution in [3.63, 3.8) is 0 Å². The van der Waals surface area contributed by atoms with Crippen LogP contribution in [0.3, 0.4) is 0 Å². The number of hydrogen-bond acceptors (Lipinski definition) is 5. The molecule has 0 N–H and O–H groups in total. The van der Waals surface area contributed by atoms with E-state index >= 15 is 0 Å². The number of rotatable bonds is 3. The van der Waals surface area contributed by atoms with E-state index in [2.05, 4.69) is 0 Å². The molecule has 0 atom stereocenters. The van der Waals surface area contributed by atoms with Crippen molar-refractivity contribution in [1.82, 2.24) is 0 Å². The van der Waals surface area contributed by atoms with Crippen LogP contribution in [-0.2, 0) is 9.53 Å². The number of furan rings is 2. The van der Waals surface area contributed by atoms with Gasteiger partial charge in [-0.2, -0.15) is 0 Å². The molecular formula is C14H10O5. The Morgan fingerprint density at radius 3 is 2.79 bits per heavy atom. The topological polar surface area (TPSA) is 69.7 Å². The number of hydrogen-bond donors (Lipinski definition) is 0. The first-order chi connectivity index (χ1) is 9.22. The Morgan fingerprint density at radius 1 is 1.21 bits per heavy atom. The Morgan fingerprint density at radius 2 is 2.00 bits per heavy atom. The quantitative estimate of drug-likeness (QED) is 0.410. The maximum atomic E-state index is 12.2. The molecule has 0 saturated heterocycles. The molecule has 2 aromatic heterocycles. The smallest absolute Gasteiger partial charge is 0.379 e. The molecule has 3 aromatic rings. The zero-order chi connectivity index (χ0) is 13.4. The Labute approximate surface area is 107 Å². The van der Waals surface area contributed by atoms with Gasteiger partial charge in [-0.25, -0.2) is 4.79 Å². The van der Waals surface area contributed by atoms with Gasteiger partial charge in [-0.3, -0.25) is 4.79 Å². The summed E-state index contributed by atoms with van der Waals surface area (Å²) in [6.45, 7) is 1.79. The van der Waals surface area contributed by atoms with Crippen molar-refractivity contribution in [2.24, 2.45) is 0 Å². The highest BCUT2D eigenvalue weighted by Crippen LogP contribution is 2.30. The van der Waals surface area contributed by atoms with Crippen LogP contribution in [0.5, 0.6) is 0 Å². The molecule has 1 aromatic carbocycles. The highest BCUT2D eigenvalue weighted by molar-refractivity contribution is 6.45. The second kappa shape index (κ2) is 4.28. The van der Waals surface area contributed by atoms with Gasteiger partial charge in [0.25, 0.3) is 5.78 Å². The van der Waals surface area contributed by atoms with Crippen LogP contribution in [0.1, 0.15) is 17.3 Å². The summed E-state index contributed by atoms with van der Waals surface area (Å²) in [6.07, 6.45) is 2.93. The Hall–Kier alpha value is -2.56. The van der Waals surface area contributed by atoms with Crippen LogP contribution in [0.4, 0.5) is 0 Å². The summed E-state index contributed by atoms with van der Waals surface area (Å²) in [6, 6.07) is 5.10. The third-order valence-corrected chi connectivity index (χ3v) is 2.86. The van der Waals surface area contributed by atoms with Gasteiger partial charge >= 0.3 is 5.97 Å². The van der Waals surface area contributed by atoms with E-state index in [0.29, 0.717) is 21.9 Å². The molecule has 0 saturated carbocycles. The van der Waals surface area contributed by atoms with Crippen LogP contribution in [0.15, 0.2) is 39.6 Å². The predicted molar refractivity (Wildman–Crippen MR) is 66.9 cm³/mol. The van der Waals surface area contributed by atoms with Gasteiger partial charge in [0, 0.05) is 10.8 Å². The second-order valence-electron chi connectivity index (χ2n) is 3.97. The first kappa shape index (κ1) is 11.5. The van der Waals surface area contributed by atoms with Crippen molar-refractivity contribution in [1.29, 1.82) is 0 Å². The van der Waals surface area contributed by atoms with E-state index in [-0.39, 0.29) is 12.2 Å². The van der Waals surface area contributed by atoms with Crippen LogP contribution < -0.4 is 0 Å². The van der Waals surface area contributed by atoms with Gasteiger partial charge in [-0.15, -0.1) is 0 Å². The largest absolute Gasteiger partial charge is 0.464 e. The minimum Gasteiger partial charge on any atom is -0.464 e. The average molecular weight is 258 g/mol. The standard InChI is InChI=1S/C14H10O5/c1-2-17-14(16)12(15)11-9-4-6-18-10(9)7-8-3-5-19-13(8)11/h3-7H,2H2,1H3. The van der Waals surface area contributed by atoms with Crippen LogP contribution in [0.2, 0.25) is 0 Å². The van der Waals surface area contributed by atoms with Crippen molar-refractivity contribution < 1.29 is 23.2 Å². The summed E-state index contributed by atoms with van der Waals surface area (Å²) in [5.74, 6) is -1.62. The Balaban J connectivity index is 2.28. The van der Waals surface area contributed by atoms with Gasteiger partial charge in [0.05, 0.1) is 24.7 Å². The van der Waals surface area contributed by atoms with E-state index in [1.807, 2.05) is 0 Å². The highest BCUT2D eigenvalue weighted by atomic mass is 16.5. The SMILES string of the molecule is CCOC(=O)C(=O)c1c2ccoc2cc2ccoc12. The molecule has 2 heterocycles. The van der Waals surface area contributed by atoms with Crippen LogP contribution in [-0.4, -0.2) is 18.4 Å². The summed E-state index contributed by atoms with van der Waals surface area (Å²) < 4.78 is 15.3. The molecule has 19 heavy (non-hydrogen) atoms. The zero-order valence-corrected chi connectivity index (χ0v) is 10.1. The maximum absolute atomic E-state index is 12.2. The molecule has 96 valence electrons. The number of Topliss-reactive ketones (excluding diaryl/α,β-unsaturated/α-hetero) is 1. The Kier molecular flexibility index (Phi) is 2.59. The molecule has 0 bridgehead atoms. The van der Waals surface area contributed by atoms with Crippen molar-refractivity contribution in [3.05, 3.63) is 36.3 Å². The fourth-order valence-electron chi connectivity index (χ4n) is 2.06. The molecule has 0 unspecified atom stereocenters. The maximum Gasteiger partial charge on any atom is 0.379 e. The van der Waals surface area contributed by atoms with Crippen LogP contribution >= 0.6 is 0 Å². The zero-order valence-electron chi connectivity index (χ0n) is 10.1. The summed E-state index contributed by atoms with van der Waals surface area (Å²) in [7, 11) is 0. The van der Waals surface area contributed by atoms with Crippen molar-refractivity contribution in [2.75, 3.05) is 6.61 Å². The number of esters is 1. The monoisotopic (exact) mass is 258 g/mol. The summed E-state index contributed by atoms with van der Waals surface area (Å²) in [5.41, 5.74) is 1.08. The van der Waals surface area contributed by atoms with E-state index < -0.39 is 11.8 Å². The van der Waals surface area contributed by atoms with E-state index in [1.165, 1.54) is 12.5 Å². The molecule has 0 amide bonds. The minimum atomic E-state index is -0.895. The highest BCUT2D eigenvalue weighted by Gasteiger charge is 2.25. The number of ketones is 1. The van der Waals surface area contributed by atoms with Gasteiger partial charge in [0.15, 0.2) is 0 Å². The first-order valence-corrected chi connectivity index (χ1v) is 5.81. The number of benzene rings is 1. The second-order valence-corrected chi connectivity index (χ2v) is 3.97. The average Bonchev–Trinajstić information content (AvgIpc) is 3.02. The molecular weight excluding hydrogens is 248 g/mol. The molecule has 0 fully saturated rings. The van der Waals surface area contributed by atoms with Crippen molar-refractivity contribution in [3.8, 4) is 0 Å². The number of carbonyl (C=O) groups excluding carboxylic acids is 2. The van der Waals surface area contributed by atoms with Crippen LogP contribution in [0, 0.1) is 0 Å². The van der Waals surface area contributed by atoms with Gasteiger partial charge in [0.1, 0.15) is 11.2 Å². The lowest BCUT2D eigenvalue weighted by molar-refractivity contribution is -0.137. The lowest BCUT2D eigenvalue weighted by atomic mass is 10.0. The van der Waals surface area contributed by atoms with E-state index in [9.17, 15) is 9.59 Å². The summed E-state index contributed by atoms with van der Waals surface area (Å²) >= 11 is 0. The fourth-order valence-corrected chi connectivity index (χ4v) is 2.06.